The summed E-state index contributed by atoms with van der Waals surface area (Å²) in [5.41, 5.74) is -0.171. The van der Waals surface area contributed by atoms with Crippen LogP contribution >= 0.6 is 67.8 Å². The molecule has 0 aliphatic heterocycles. The second-order valence-corrected chi connectivity index (χ2v) is 10.3. The lowest BCUT2D eigenvalue weighted by molar-refractivity contribution is -0.384. The molecule has 0 atom stereocenters. The smallest absolute Gasteiger partial charge is 0.261 e. The van der Waals surface area contributed by atoms with Gasteiger partial charge in [0.25, 0.3) is 15.8 Å². The molecule has 0 aliphatic rings. The molecule has 0 aromatic heterocycles. The summed E-state index contributed by atoms with van der Waals surface area (Å²) in [6.07, 6.45) is 0. The Labute approximate surface area is 150 Å². The fourth-order valence-corrected chi connectivity index (χ4v) is 2.54. The third kappa shape index (κ3) is 5.39. The Bertz CT molecular complexity index is 607. The largest absolute Gasteiger partial charge is 0.297 e. The van der Waals surface area contributed by atoms with Gasteiger partial charge in [-0.25, -0.2) is 0 Å². The van der Waals surface area contributed by atoms with Gasteiger partial charge in [0.05, 0.1) is 18.0 Å². The maximum absolute atomic E-state index is 11.8. The number of non-ortho nitro benzene ring substituents is 1. The number of benzene rings is 1. The number of nitro benzene ring substituents is 1. The molecular weight excluding hydrogens is 615 g/mol. The van der Waals surface area contributed by atoms with E-state index in [4.69, 9.17) is 4.18 Å². The van der Waals surface area contributed by atoms with Crippen LogP contribution in [-0.2, 0) is 14.3 Å². The highest BCUT2D eigenvalue weighted by molar-refractivity contribution is 14.2. The van der Waals surface area contributed by atoms with Gasteiger partial charge in [-0.3, -0.25) is 14.3 Å². The van der Waals surface area contributed by atoms with Gasteiger partial charge in [0.15, 0.2) is 0 Å². The molecule has 0 amide bonds. The molecular formula is C9H6I3NO5S. The lowest BCUT2D eigenvalue weighted by atomic mass is 10.3. The van der Waals surface area contributed by atoms with Crippen molar-refractivity contribution in [3.05, 3.63) is 39.5 Å². The molecule has 0 radical (unpaired) electrons. The fourth-order valence-electron chi connectivity index (χ4n) is 0.986. The number of nitrogens with zero attached hydrogens (tertiary/aromatic N) is 1. The quantitative estimate of drug-likeness (QED) is 0.217. The molecule has 19 heavy (non-hydrogen) atoms. The predicted octanol–water partition coefficient (Wildman–Crippen LogP) is 3.77. The topological polar surface area (TPSA) is 86.5 Å². The first-order chi connectivity index (χ1) is 8.74. The molecule has 6 nitrogen and oxygen atoms in total. The van der Waals surface area contributed by atoms with Gasteiger partial charge in [-0.15, -0.1) is 0 Å². The van der Waals surface area contributed by atoms with Gasteiger partial charge in [-0.1, -0.05) is 0 Å². The normalized spacial score (nSPS) is 11.1. The van der Waals surface area contributed by atoms with Crippen molar-refractivity contribution in [1.29, 1.82) is 0 Å². The Hall–Kier alpha value is 0.460. The first-order valence-corrected chi connectivity index (χ1v) is 9.22. The number of hydrogen-bond acceptors (Lipinski definition) is 5. The van der Waals surface area contributed by atoms with Crippen LogP contribution in [0, 0.1) is 10.1 Å². The second kappa shape index (κ2) is 7.46. The molecule has 0 fully saturated rings. The van der Waals surface area contributed by atoms with Crippen LogP contribution in [0.4, 0.5) is 5.69 Å². The highest BCUT2D eigenvalue weighted by Crippen LogP contribution is 2.26. The summed E-state index contributed by atoms with van der Waals surface area (Å²) in [4.78, 5) is 9.77. The van der Waals surface area contributed by atoms with E-state index in [0.29, 0.717) is 0 Å². The van der Waals surface area contributed by atoms with Crippen LogP contribution in [0.25, 0.3) is 0 Å². The highest BCUT2D eigenvalue weighted by atomic mass is 127. The lowest BCUT2D eigenvalue weighted by Crippen LogP contribution is -2.07. The van der Waals surface area contributed by atoms with Crippen molar-refractivity contribution in [2.24, 2.45) is 0 Å². The fraction of sp³-hybridized carbons (Fsp3) is 0.111. The van der Waals surface area contributed by atoms with E-state index in [1.54, 1.807) is 0 Å². The third-order valence-corrected chi connectivity index (χ3v) is 7.38. The van der Waals surface area contributed by atoms with Crippen LogP contribution in [-0.4, -0.2) is 19.9 Å². The molecule has 0 heterocycles. The minimum atomic E-state index is -3.90. The van der Waals surface area contributed by atoms with E-state index in [2.05, 4.69) is 45.2 Å². The van der Waals surface area contributed by atoms with Crippen molar-refractivity contribution < 1.29 is 17.5 Å². The monoisotopic (exact) mass is 621 g/mol. The highest BCUT2D eigenvalue weighted by Gasteiger charge is 2.17. The molecule has 0 saturated heterocycles. The molecule has 104 valence electrons. The molecule has 1 aromatic rings. The van der Waals surface area contributed by atoms with E-state index < -0.39 is 15.0 Å². The Morgan fingerprint density at radius 3 is 2.16 bits per heavy atom. The minimum Gasteiger partial charge on any atom is -0.261 e. The second-order valence-electron chi connectivity index (χ2n) is 3.13. The zero-order valence-electron chi connectivity index (χ0n) is 9.05. The Kier molecular flexibility index (Phi) is 6.88. The van der Waals surface area contributed by atoms with Gasteiger partial charge in [0, 0.05) is 15.7 Å². The third-order valence-electron chi connectivity index (χ3n) is 1.88. The standard InChI is InChI=1S/C9H6I3NO5S/c10-8(9(11)12)5-18-19(16,17)7-3-1-6(2-4-7)13(14)15/h1-4H,5H2. The van der Waals surface area contributed by atoms with Crippen LogP contribution in [0.1, 0.15) is 0 Å². The molecule has 1 aromatic carbocycles. The molecule has 0 aliphatic carbocycles. The van der Waals surface area contributed by atoms with Crippen molar-refractivity contribution in [2.45, 2.75) is 4.90 Å². The van der Waals surface area contributed by atoms with Crippen LogP contribution in [0.15, 0.2) is 34.3 Å². The predicted molar refractivity (Wildman–Crippen MR) is 95.3 cm³/mol. The van der Waals surface area contributed by atoms with Gasteiger partial charge >= 0.3 is 0 Å². The van der Waals surface area contributed by atoms with E-state index in [0.717, 1.165) is 29.4 Å². The van der Waals surface area contributed by atoms with Gasteiger partial charge in [-0.2, -0.15) is 8.42 Å². The Morgan fingerprint density at radius 1 is 1.21 bits per heavy atom. The minimum absolute atomic E-state index is 0.0545. The van der Waals surface area contributed by atoms with Crippen molar-refractivity contribution in [3.63, 3.8) is 0 Å². The van der Waals surface area contributed by atoms with E-state index in [1.165, 1.54) is 0 Å². The van der Waals surface area contributed by atoms with Crippen LogP contribution in [0.2, 0.25) is 0 Å². The van der Waals surface area contributed by atoms with Crippen molar-refractivity contribution in [2.75, 3.05) is 6.61 Å². The molecule has 0 unspecified atom stereocenters. The van der Waals surface area contributed by atoms with Gasteiger partial charge in [-0.05, 0) is 79.9 Å². The van der Waals surface area contributed by atoms with Gasteiger partial charge < -0.3 is 0 Å². The maximum Gasteiger partial charge on any atom is 0.297 e. The Balaban J connectivity index is 2.89. The molecule has 0 spiro atoms. The molecule has 0 saturated carbocycles. The maximum atomic E-state index is 11.8. The average molecular weight is 621 g/mol. The lowest BCUT2D eigenvalue weighted by Gasteiger charge is -2.05. The summed E-state index contributed by atoms with van der Waals surface area (Å²) in [5.74, 6) is 0. The SMILES string of the molecule is O=[N+]([O-])c1ccc(S(=O)(=O)OCC(I)=C(I)I)cc1. The number of nitro groups is 1. The first-order valence-electron chi connectivity index (χ1n) is 4.57. The summed E-state index contributed by atoms with van der Waals surface area (Å²) in [7, 11) is -3.90. The molecule has 0 N–H and O–H groups in total. The Morgan fingerprint density at radius 2 is 1.74 bits per heavy atom. The zero-order chi connectivity index (χ0) is 14.6. The summed E-state index contributed by atoms with van der Waals surface area (Å²) in [5, 5.41) is 10.5. The number of halogens is 3. The van der Waals surface area contributed by atoms with Gasteiger partial charge in [0.1, 0.15) is 0 Å². The zero-order valence-corrected chi connectivity index (χ0v) is 16.3. The van der Waals surface area contributed by atoms with E-state index in [9.17, 15) is 18.5 Å². The molecule has 1 rings (SSSR count). The van der Waals surface area contributed by atoms with Crippen molar-refractivity contribution in [3.8, 4) is 0 Å². The first kappa shape index (κ1) is 17.5. The van der Waals surface area contributed by atoms with Crippen LogP contribution in [0.3, 0.4) is 0 Å². The summed E-state index contributed by atoms with van der Waals surface area (Å²) >= 11 is 6.10. The molecule has 10 heteroatoms. The van der Waals surface area contributed by atoms with E-state index in [1.807, 2.05) is 22.6 Å². The van der Waals surface area contributed by atoms with E-state index >= 15 is 0 Å². The van der Waals surface area contributed by atoms with Crippen LogP contribution in [0.5, 0.6) is 0 Å². The number of rotatable bonds is 5. The number of hydrogen-bond donors (Lipinski definition) is 0. The van der Waals surface area contributed by atoms with Crippen molar-refractivity contribution >= 4 is 83.6 Å². The average Bonchev–Trinajstić information content (AvgIpc) is 2.36. The summed E-state index contributed by atoms with van der Waals surface area (Å²) in [6, 6.07) is 4.55. The summed E-state index contributed by atoms with van der Waals surface area (Å²) in [6.45, 7) is -0.0545. The summed E-state index contributed by atoms with van der Waals surface area (Å²) < 4.78 is 30.2. The molecule has 0 bridgehead atoms. The van der Waals surface area contributed by atoms with Crippen molar-refractivity contribution in [1.82, 2.24) is 0 Å². The van der Waals surface area contributed by atoms with E-state index in [-0.39, 0.29) is 17.2 Å². The van der Waals surface area contributed by atoms with Crippen LogP contribution < -0.4 is 0 Å². The van der Waals surface area contributed by atoms with Gasteiger partial charge in [0.2, 0.25) is 0 Å².